The van der Waals surface area contributed by atoms with E-state index in [9.17, 15) is 19.2 Å². The number of aliphatic carboxylic acids is 1. The van der Waals surface area contributed by atoms with Crippen molar-refractivity contribution in [3.05, 3.63) is 130 Å². The highest BCUT2D eigenvalue weighted by molar-refractivity contribution is 5.86. The van der Waals surface area contributed by atoms with E-state index in [0.717, 1.165) is 52.9 Å². The number of nitrogens with one attached hydrogen (secondary N) is 4. The molecule has 2 aromatic heterocycles. The van der Waals surface area contributed by atoms with E-state index >= 15 is 0 Å². The van der Waals surface area contributed by atoms with E-state index in [1.165, 1.54) is 117 Å². The minimum Gasteiger partial charge on any atom is -0.480 e. The number of hydrogen-bond donors (Lipinski definition) is 5. The van der Waals surface area contributed by atoms with Gasteiger partial charge in [-0.1, -0.05) is 114 Å². The Labute approximate surface area is 478 Å². The predicted octanol–water partition coefficient (Wildman–Crippen LogP) is 14.5. The third kappa shape index (κ3) is 11.8. The second-order valence-corrected chi connectivity index (χ2v) is 25.0. The summed E-state index contributed by atoms with van der Waals surface area (Å²) in [6.45, 7) is 17.0. The van der Waals surface area contributed by atoms with Crippen molar-refractivity contribution in [3.63, 3.8) is 0 Å². The van der Waals surface area contributed by atoms with Crippen molar-refractivity contribution < 1.29 is 33.8 Å². The molecule has 12 rings (SSSR count). The van der Waals surface area contributed by atoms with Crippen molar-refractivity contribution in [2.75, 3.05) is 20.8 Å². The number of aromatic nitrogens is 4. The standard InChI is InChI=1S/C33H40N4O3.C27H30N2.C7H13NO4/c1-18(2)30(36-33(39)40-5)32(38)37-17-19(3)14-27(37)31-34-16-26(35-31)22-9-7-21(8-10-22)25-13-6-20(4)28-23-11-12-24(15-23)29(25)28;1-16-3-5-22(13-16)27-28-15-24(29-27)19-8-6-18(7-9-19)23-12-4-17(2)25-20-10-11-21(14-20)26(23)25;1-4(2)5(6(9)10)8-7(11)12-3/h6-10,13,16,18-19,23-24,27,30H,11-12,14-15,17H2,1-5H3,(H,34,35)(H,36,39);4,6-9,12,15-16,20-22H,3,5,10-11,13-14H2,1-2H3,(H,28,29);4-5H,1-3H3,(H,8,11)(H,9,10)/t19-,23?,24?,27-,30-;16-,20?,21?,22+;5-/m010/s1. The van der Waals surface area contributed by atoms with Gasteiger partial charge in [0.15, 0.2) is 0 Å². The number of carboxylic acid groups (broad SMARTS) is 1. The number of benzene rings is 4. The molecule has 4 aromatic carbocycles. The van der Waals surface area contributed by atoms with Crippen molar-refractivity contribution in [2.24, 2.45) is 23.7 Å². The zero-order valence-electron chi connectivity index (χ0n) is 49.0. The maximum absolute atomic E-state index is 13.6. The molecule has 6 aromatic rings. The van der Waals surface area contributed by atoms with Crippen molar-refractivity contribution in [1.29, 1.82) is 0 Å². The number of hydrogen-bond acceptors (Lipinski definition) is 8. The van der Waals surface area contributed by atoms with E-state index in [1.54, 1.807) is 36.1 Å². The number of H-pyrrole nitrogens is 2. The zero-order valence-corrected chi connectivity index (χ0v) is 49.0. The van der Waals surface area contributed by atoms with Crippen LogP contribution in [0, 0.1) is 37.5 Å². The Morgan fingerprint density at radius 3 is 1.42 bits per heavy atom. The average molecular weight is 1100 g/mol. The summed E-state index contributed by atoms with van der Waals surface area (Å²) in [4.78, 5) is 65.1. The van der Waals surface area contributed by atoms with Crippen LogP contribution >= 0.6 is 0 Å². The highest BCUT2D eigenvalue weighted by Gasteiger charge is 2.42. The van der Waals surface area contributed by atoms with Gasteiger partial charge in [0.05, 0.1) is 44.0 Å². The Kier molecular flexibility index (Phi) is 17.0. The maximum Gasteiger partial charge on any atom is 0.407 e. The Hall–Kier alpha value is -7.22. The number of ether oxygens (including phenoxy) is 2. The molecule has 3 amide bonds. The second-order valence-electron chi connectivity index (χ2n) is 25.0. The summed E-state index contributed by atoms with van der Waals surface area (Å²) in [6.07, 6.45) is 15.4. The zero-order chi connectivity index (χ0) is 57.4. The van der Waals surface area contributed by atoms with Crippen LogP contribution in [-0.2, 0) is 19.1 Å². The lowest BCUT2D eigenvalue weighted by atomic mass is 9.83. The quantitative estimate of drug-likeness (QED) is 0.0793. The average Bonchev–Trinajstić information content (AvgIpc) is 4.45. The molecule has 4 unspecified atom stereocenters. The molecule has 14 nitrogen and oxygen atoms in total. The highest BCUT2D eigenvalue weighted by atomic mass is 16.5. The van der Waals surface area contributed by atoms with Crippen LogP contribution in [0.2, 0.25) is 0 Å². The smallest absolute Gasteiger partial charge is 0.407 e. The van der Waals surface area contributed by atoms with E-state index in [-0.39, 0.29) is 23.8 Å². The molecule has 81 heavy (non-hydrogen) atoms. The van der Waals surface area contributed by atoms with Gasteiger partial charge in [-0.2, -0.15) is 0 Å². The minimum absolute atomic E-state index is 0.0706. The van der Waals surface area contributed by atoms with E-state index in [0.29, 0.717) is 24.3 Å². The topological polar surface area (TPSA) is 192 Å². The predicted molar refractivity (Wildman–Crippen MR) is 317 cm³/mol. The molecule has 0 radical (unpaired) electrons. The summed E-state index contributed by atoms with van der Waals surface area (Å²) in [5.41, 5.74) is 19.4. The van der Waals surface area contributed by atoms with E-state index in [4.69, 9.17) is 19.8 Å². The van der Waals surface area contributed by atoms with Crippen molar-refractivity contribution in [2.45, 2.75) is 167 Å². The maximum atomic E-state index is 13.6. The van der Waals surface area contributed by atoms with Gasteiger partial charge < -0.3 is 40.1 Å². The van der Waals surface area contributed by atoms with Crippen LogP contribution in [0.25, 0.3) is 44.8 Å². The number of imidazole rings is 2. The molecule has 10 atom stereocenters. The number of rotatable bonds is 12. The molecule has 428 valence electrons. The van der Waals surface area contributed by atoms with Crippen LogP contribution in [0.1, 0.15) is 186 Å². The van der Waals surface area contributed by atoms with Crippen LogP contribution in [0.15, 0.2) is 85.2 Å². The van der Waals surface area contributed by atoms with Crippen molar-refractivity contribution >= 4 is 24.1 Å². The van der Waals surface area contributed by atoms with E-state index in [2.05, 4.69) is 126 Å². The normalized spacial score (nSPS) is 23.5. The molecule has 3 saturated carbocycles. The van der Waals surface area contributed by atoms with Gasteiger partial charge in [0.1, 0.15) is 23.7 Å². The van der Waals surface area contributed by atoms with Gasteiger partial charge in [0.2, 0.25) is 5.91 Å². The number of aryl methyl sites for hydroxylation is 2. The summed E-state index contributed by atoms with van der Waals surface area (Å²) in [7, 11) is 2.50. The first-order valence-corrected chi connectivity index (χ1v) is 29.7. The monoisotopic (exact) mass is 1100 g/mol. The largest absolute Gasteiger partial charge is 0.480 e. The first-order chi connectivity index (χ1) is 38.9. The Balaban J connectivity index is 0.000000156. The Morgan fingerprint density at radius 1 is 0.543 bits per heavy atom. The summed E-state index contributed by atoms with van der Waals surface area (Å²) in [5, 5.41) is 13.5. The molecule has 3 heterocycles. The molecule has 14 heteroatoms. The van der Waals surface area contributed by atoms with E-state index in [1.807, 2.05) is 31.1 Å². The van der Waals surface area contributed by atoms with Crippen LogP contribution in [0.4, 0.5) is 9.59 Å². The Morgan fingerprint density at radius 2 is 0.975 bits per heavy atom. The number of carboxylic acids is 1. The second kappa shape index (κ2) is 24.1. The molecule has 6 aliphatic rings. The number of amides is 3. The van der Waals surface area contributed by atoms with Gasteiger partial charge in [0.25, 0.3) is 0 Å². The fourth-order valence-electron chi connectivity index (χ4n) is 14.6. The van der Waals surface area contributed by atoms with E-state index < -0.39 is 30.2 Å². The number of alkyl carbamates (subject to hydrolysis) is 2. The summed E-state index contributed by atoms with van der Waals surface area (Å²) in [6, 6.07) is 25.5. The van der Waals surface area contributed by atoms with Gasteiger partial charge in [-0.3, -0.25) is 4.79 Å². The highest BCUT2D eigenvalue weighted by Crippen LogP contribution is 2.58. The lowest BCUT2D eigenvalue weighted by Crippen LogP contribution is -2.51. The van der Waals surface area contributed by atoms with Gasteiger partial charge in [-0.15, -0.1) is 0 Å². The van der Waals surface area contributed by atoms with Gasteiger partial charge in [0, 0.05) is 12.5 Å². The number of methoxy groups -OCH3 is 2. The fraction of sp³-hybridized carbons (Fsp3) is 0.493. The number of carbonyl (C=O) groups excluding carboxylic acids is 3. The minimum atomic E-state index is -1.06. The van der Waals surface area contributed by atoms with Gasteiger partial charge in [-0.05, 0) is 192 Å². The molecular weight excluding hydrogens is 1010 g/mol. The molecule has 0 spiro atoms. The van der Waals surface area contributed by atoms with Crippen molar-refractivity contribution in [1.82, 2.24) is 35.5 Å². The summed E-state index contributed by atoms with van der Waals surface area (Å²) >= 11 is 0. The molecule has 5 aliphatic carbocycles. The molecule has 4 fully saturated rings. The number of aromatic amines is 2. The molecular formula is C67H83N7O7. The Bertz CT molecular complexity index is 3250. The van der Waals surface area contributed by atoms with Crippen LogP contribution in [0.5, 0.6) is 0 Å². The molecule has 1 saturated heterocycles. The third-order valence-electron chi connectivity index (χ3n) is 18.7. The SMILES string of the molecule is COC(=O)N[C@H](C(=O)N1C[C@@H](C)C[C@H]1c1ncc(-c2ccc(-c3ccc(C)c4c3C3CCC4C3)cc2)[nH]1)C(C)C.COC(=O)N[C@H](C(=O)O)C(C)C.Cc1ccc(-c2ccc(-c3cnc([C@H]4CC[C@@H](C)C4)[nH]3)cc2)c2c1C1CCC2C1. The van der Waals surface area contributed by atoms with Crippen LogP contribution < -0.4 is 10.6 Å². The lowest BCUT2D eigenvalue weighted by Gasteiger charge is -2.30. The number of nitrogens with zero attached hydrogens (tertiary/aromatic N) is 3. The molecule has 1 aliphatic heterocycles. The number of likely N-dealkylation sites (tertiary alicyclic amines) is 1. The lowest BCUT2D eigenvalue weighted by molar-refractivity contribution is -0.140. The van der Waals surface area contributed by atoms with Gasteiger partial charge in [-0.25, -0.2) is 24.4 Å². The summed E-state index contributed by atoms with van der Waals surface area (Å²) < 4.78 is 9.03. The first-order valence-electron chi connectivity index (χ1n) is 29.7. The number of carbonyl (C=O) groups is 4. The first kappa shape index (κ1) is 57.0. The van der Waals surface area contributed by atoms with Crippen LogP contribution in [-0.4, -0.2) is 86.9 Å². The van der Waals surface area contributed by atoms with Crippen molar-refractivity contribution in [3.8, 4) is 44.8 Å². The van der Waals surface area contributed by atoms with Gasteiger partial charge >= 0.3 is 18.2 Å². The molecule has 4 bridgehead atoms. The fourth-order valence-corrected chi connectivity index (χ4v) is 14.6. The molecule has 5 N–H and O–H groups in total. The van der Waals surface area contributed by atoms with Crippen LogP contribution in [0.3, 0.4) is 0 Å². The number of fused-ring (bicyclic) bond motifs is 10. The summed E-state index contributed by atoms with van der Waals surface area (Å²) in [5.74, 6) is 5.41. The third-order valence-corrected chi connectivity index (χ3v) is 18.7.